The lowest BCUT2D eigenvalue weighted by Gasteiger charge is -2.44. The first-order chi connectivity index (χ1) is 18.5. The predicted molar refractivity (Wildman–Crippen MR) is 150 cm³/mol. The zero-order chi connectivity index (χ0) is 27.1. The van der Waals surface area contributed by atoms with Gasteiger partial charge in [-0.3, -0.25) is 0 Å². The van der Waals surface area contributed by atoms with Crippen LogP contribution in [0.4, 0.5) is 0 Å². The number of nitrogens with zero attached hydrogens (tertiary/aromatic N) is 1. The molecule has 196 valence electrons. The van der Waals surface area contributed by atoms with Gasteiger partial charge in [0.05, 0.1) is 24.2 Å². The fraction of sp³-hybridized carbons (Fsp3) is 0.273. The standard InChI is InChI=1S/C33H35NO4/c1-5-34-24(4)33(26-19-13-9-14-20-26,27-21-15-10-16-22-27)23-28(25-17-11-8-12-18-25)29(31(35)37-6-2)30(34)32(36)38-7-3/h8-24H,5-7H2,1-4H3/t24-/m1/s1. The van der Waals surface area contributed by atoms with Crippen LogP contribution in [0.1, 0.15) is 44.4 Å². The van der Waals surface area contributed by atoms with Crippen molar-refractivity contribution < 1.29 is 19.1 Å². The Morgan fingerprint density at radius 1 is 0.737 bits per heavy atom. The fourth-order valence-corrected chi connectivity index (χ4v) is 5.48. The van der Waals surface area contributed by atoms with Crippen molar-refractivity contribution >= 4 is 17.5 Å². The monoisotopic (exact) mass is 509 g/mol. The number of hydrogen-bond donors (Lipinski definition) is 0. The van der Waals surface area contributed by atoms with Crippen molar-refractivity contribution in [1.82, 2.24) is 4.90 Å². The third-order valence-corrected chi connectivity index (χ3v) is 7.17. The molecule has 0 radical (unpaired) electrons. The first kappa shape index (κ1) is 26.9. The van der Waals surface area contributed by atoms with Gasteiger partial charge in [-0.15, -0.1) is 0 Å². The number of carbonyl (C=O) groups is 2. The van der Waals surface area contributed by atoms with E-state index in [1.54, 1.807) is 13.8 Å². The van der Waals surface area contributed by atoms with E-state index in [9.17, 15) is 9.59 Å². The Kier molecular flexibility index (Phi) is 8.47. The van der Waals surface area contributed by atoms with Crippen LogP contribution in [0.3, 0.4) is 0 Å². The van der Waals surface area contributed by atoms with Gasteiger partial charge >= 0.3 is 11.9 Å². The van der Waals surface area contributed by atoms with Crippen molar-refractivity contribution in [2.45, 2.75) is 39.2 Å². The van der Waals surface area contributed by atoms with Gasteiger partial charge in [-0.05, 0) is 50.0 Å². The van der Waals surface area contributed by atoms with Crippen molar-refractivity contribution in [1.29, 1.82) is 0 Å². The molecule has 0 bridgehead atoms. The zero-order valence-corrected chi connectivity index (χ0v) is 22.5. The van der Waals surface area contributed by atoms with Crippen molar-refractivity contribution in [3.8, 4) is 0 Å². The Bertz CT molecular complexity index is 1270. The molecule has 0 saturated carbocycles. The Morgan fingerprint density at radius 3 is 1.68 bits per heavy atom. The van der Waals surface area contributed by atoms with E-state index in [-0.39, 0.29) is 30.5 Å². The summed E-state index contributed by atoms with van der Waals surface area (Å²) in [5, 5.41) is 0. The normalized spacial score (nSPS) is 16.9. The molecule has 0 spiro atoms. The van der Waals surface area contributed by atoms with E-state index in [0.29, 0.717) is 12.1 Å². The van der Waals surface area contributed by atoms with Crippen LogP contribution in [0.25, 0.3) is 5.57 Å². The Balaban J connectivity index is 2.19. The number of benzene rings is 3. The summed E-state index contributed by atoms with van der Waals surface area (Å²) in [6.07, 6.45) is 2.15. The highest BCUT2D eigenvalue weighted by molar-refractivity contribution is 6.13. The largest absolute Gasteiger partial charge is 0.462 e. The molecular weight excluding hydrogens is 474 g/mol. The van der Waals surface area contributed by atoms with Crippen LogP contribution in [-0.2, 0) is 24.5 Å². The highest BCUT2D eigenvalue weighted by Crippen LogP contribution is 2.47. The molecule has 0 amide bonds. The summed E-state index contributed by atoms with van der Waals surface area (Å²) in [4.78, 5) is 29.4. The van der Waals surface area contributed by atoms with Gasteiger partial charge in [0.1, 0.15) is 5.70 Å². The maximum atomic E-state index is 13.8. The first-order valence-corrected chi connectivity index (χ1v) is 13.2. The van der Waals surface area contributed by atoms with Crippen LogP contribution >= 0.6 is 0 Å². The molecule has 1 aliphatic heterocycles. The van der Waals surface area contributed by atoms with E-state index < -0.39 is 17.4 Å². The number of likely N-dealkylation sites (N-methyl/N-ethyl adjacent to an activating group) is 1. The molecule has 1 atom stereocenters. The molecule has 38 heavy (non-hydrogen) atoms. The Hall–Kier alpha value is -4.12. The van der Waals surface area contributed by atoms with Gasteiger partial charge in [-0.25, -0.2) is 9.59 Å². The lowest BCUT2D eigenvalue weighted by molar-refractivity contribution is -0.143. The highest BCUT2D eigenvalue weighted by Gasteiger charge is 2.47. The summed E-state index contributed by atoms with van der Waals surface area (Å²) < 4.78 is 11.1. The predicted octanol–water partition coefficient (Wildman–Crippen LogP) is 6.16. The van der Waals surface area contributed by atoms with Gasteiger partial charge in [0, 0.05) is 12.6 Å². The molecule has 0 fully saturated rings. The molecule has 1 heterocycles. The Labute approximate surface area is 225 Å². The smallest absolute Gasteiger partial charge is 0.355 e. The van der Waals surface area contributed by atoms with E-state index in [0.717, 1.165) is 16.7 Å². The fourth-order valence-electron chi connectivity index (χ4n) is 5.48. The minimum Gasteiger partial charge on any atom is -0.462 e. The van der Waals surface area contributed by atoms with E-state index in [2.05, 4.69) is 37.3 Å². The van der Waals surface area contributed by atoms with Gasteiger partial charge in [0.15, 0.2) is 0 Å². The topological polar surface area (TPSA) is 55.8 Å². The first-order valence-electron chi connectivity index (χ1n) is 13.2. The molecule has 0 aromatic heterocycles. The van der Waals surface area contributed by atoms with Gasteiger partial charge in [-0.2, -0.15) is 0 Å². The molecular formula is C33H35NO4. The molecule has 0 unspecified atom stereocenters. The molecule has 0 aliphatic carbocycles. The van der Waals surface area contributed by atoms with Gasteiger partial charge in [-0.1, -0.05) is 97.1 Å². The molecule has 5 nitrogen and oxygen atoms in total. The summed E-state index contributed by atoms with van der Waals surface area (Å²) in [7, 11) is 0. The van der Waals surface area contributed by atoms with E-state index in [4.69, 9.17) is 9.47 Å². The molecule has 3 aromatic rings. The van der Waals surface area contributed by atoms with Crippen LogP contribution < -0.4 is 0 Å². The summed E-state index contributed by atoms with van der Waals surface area (Å²) >= 11 is 0. The van der Waals surface area contributed by atoms with Crippen LogP contribution in [-0.4, -0.2) is 42.6 Å². The third-order valence-electron chi connectivity index (χ3n) is 7.17. The van der Waals surface area contributed by atoms with Crippen molar-refractivity contribution in [3.63, 3.8) is 0 Å². The molecule has 1 aliphatic rings. The summed E-state index contributed by atoms with van der Waals surface area (Å²) in [6.45, 7) is 8.49. The quantitative estimate of drug-likeness (QED) is 0.341. The maximum absolute atomic E-state index is 13.8. The molecule has 3 aromatic carbocycles. The van der Waals surface area contributed by atoms with Crippen LogP contribution in [0, 0.1) is 0 Å². The second-order valence-electron chi connectivity index (χ2n) is 9.15. The Morgan fingerprint density at radius 2 is 1.21 bits per heavy atom. The lowest BCUT2D eigenvalue weighted by atomic mass is 9.68. The number of hydrogen-bond acceptors (Lipinski definition) is 5. The minimum absolute atomic E-state index is 0.185. The highest BCUT2D eigenvalue weighted by atomic mass is 16.5. The molecule has 4 rings (SSSR count). The van der Waals surface area contributed by atoms with Gasteiger partial charge in [0.25, 0.3) is 0 Å². The van der Waals surface area contributed by atoms with Crippen LogP contribution in [0.15, 0.2) is 108 Å². The molecule has 5 heteroatoms. The maximum Gasteiger partial charge on any atom is 0.355 e. The number of rotatable bonds is 8. The molecule has 0 N–H and O–H groups in total. The van der Waals surface area contributed by atoms with Crippen molar-refractivity contribution in [2.24, 2.45) is 0 Å². The SMILES string of the molecule is CCOC(=O)C1=C(C(=O)OCC)N(CC)[C@H](C)C(c2ccccc2)(c2ccccc2)C=C1c1ccccc1. The van der Waals surface area contributed by atoms with Gasteiger partial charge < -0.3 is 14.4 Å². The minimum atomic E-state index is -0.713. The van der Waals surface area contributed by atoms with E-state index >= 15 is 0 Å². The number of carbonyl (C=O) groups excluding carboxylic acids is 2. The average Bonchev–Trinajstić information content (AvgIpc) is 3.07. The second kappa shape index (κ2) is 12.0. The number of esters is 2. The zero-order valence-electron chi connectivity index (χ0n) is 22.5. The van der Waals surface area contributed by atoms with Gasteiger partial charge in [0.2, 0.25) is 0 Å². The van der Waals surface area contributed by atoms with E-state index in [1.165, 1.54) is 0 Å². The summed E-state index contributed by atoms with van der Waals surface area (Å²) in [5.41, 5.74) is 3.30. The molecule has 0 saturated heterocycles. The van der Waals surface area contributed by atoms with Crippen molar-refractivity contribution in [3.05, 3.63) is 125 Å². The lowest BCUT2D eigenvalue weighted by Crippen LogP contribution is -2.49. The van der Waals surface area contributed by atoms with Crippen LogP contribution in [0.2, 0.25) is 0 Å². The van der Waals surface area contributed by atoms with Crippen LogP contribution in [0.5, 0.6) is 0 Å². The average molecular weight is 510 g/mol. The summed E-state index contributed by atoms with van der Waals surface area (Å²) in [5.74, 6) is -1.09. The van der Waals surface area contributed by atoms with Crippen molar-refractivity contribution in [2.75, 3.05) is 19.8 Å². The number of ether oxygens (including phenoxy) is 2. The summed E-state index contributed by atoms with van der Waals surface area (Å²) in [6, 6.07) is 30.0. The van der Waals surface area contributed by atoms with E-state index in [1.807, 2.05) is 78.6 Å². The second-order valence-corrected chi connectivity index (χ2v) is 9.15. The third kappa shape index (κ3) is 4.89.